The molecule has 0 aliphatic rings. The van der Waals surface area contributed by atoms with Crippen molar-refractivity contribution >= 4 is 0 Å². The zero-order valence-electron chi connectivity index (χ0n) is 9.88. The fourth-order valence-electron chi connectivity index (χ4n) is 1.38. The summed E-state index contributed by atoms with van der Waals surface area (Å²) < 4.78 is 10.8. The largest absolute Gasteiger partial charge is 0.475 e. The summed E-state index contributed by atoms with van der Waals surface area (Å²) in [6.45, 7) is 4.27. The first kappa shape index (κ1) is 11.6. The number of ether oxygens (including phenoxy) is 1. The number of oxazole rings is 1. The van der Waals surface area contributed by atoms with Crippen LogP contribution < -0.4 is 10.5 Å². The third kappa shape index (κ3) is 2.82. The Morgan fingerprint density at radius 3 is 2.94 bits per heavy atom. The zero-order chi connectivity index (χ0) is 12.3. The second-order valence-electron chi connectivity index (χ2n) is 3.90. The number of aromatic nitrogens is 2. The highest BCUT2D eigenvalue weighted by molar-refractivity contribution is 5.54. The van der Waals surface area contributed by atoms with Crippen molar-refractivity contribution in [1.29, 1.82) is 0 Å². The Hall–Kier alpha value is -1.88. The molecule has 0 aliphatic carbocycles. The lowest BCUT2D eigenvalue weighted by Crippen LogP contribution is -2.06. The summed E-state index contributed by atoms with van der Waals surface area (Å²) in [5.74, 6) is 1.09. The van der Waals surface area contributed by atoms with Gasteiger partial charge >= 0.3 is 0 Å². The van der Waals surface area contributed by atoms with Gasteiger partial charge in [-0.1, -0.05) is 0 Å². The molecule has 2 N–H and O–H groups in total. The molecule has 0 fully saturated rings. The minimum atomic E-state index is 0.0851. The van der Waals surface area contributed by atoms with E-state index < -0.39 is 0 Å². The van der Waals surface area contributed by atoms with Crippen LogP contribution in [0.15, 0.2) is 29.0 Å². The third-order valence-corrected chi connectivity index (χ3v) is 2.10. The number of pyridine rings is 1. The molecular weight excluding hydrogens is 218 g/mol. The molecule has 0 saturated carbocycles. The van der Waals surface area contributed by atoms with Gasteiger partial charge in [-0.15, -0.1) is 0 Å². The first-order chi connectivity index (χ1) is 8.19. The molecule has 2 rings (SSSR count). The van der Waals surface area contributed by atoms with Crippen LogP contribution in [0.3, 0.4) is 0 Å². The molecule has 17 heavy (non-hydrogen) atoms. The molecule has 2 heterocycles. The molecular formula is C12H15N3O2. The number of nitrogens with two attached hydrogens (primary N) is 1. The van der Waals surface area contributed by atoms with Gasteiger partial charge in [-0.3, -0.25) is 0 Å². The van der Waals surface area contributed by atoms with E-state index in [0.717, 1.165) is 11.3 Å². The maximum atomic E-state index is 5.50. The molecule has 2 aromatic rings. The Bertz CT molecular complexity index is 494. The quantitative estimate of drug-likeness (QED) is 0.874. The smallest absolute Gasteiger partial charge is 0.226 e. The average Bonchev–Trinajstić information content (AvgIpc) is 2.77. The molecule has 5 nitrogen and oxygen atoms in total. The first-order valence-electron chi connectivity index (χ1n) is 5.46. The van der Waals surface area contributed by atoms with E-state index in [1.54, 1.807) is 18.5 Å². The van der Waals surface area contributed by atoms with Crippen molar-refractivity contribution < 1.29 is 9.15 Å². The van der Waals surface area contributed by atoms with Crippen LogP contribution >= 0.6 is 0 Å². The normalized spacial score (nSPS) is 10.8. The fourth-order valence-corrected chi connectivity index (χ4v) is 1.38. The fraction of sp³-hybridized carbons (Fsp3) is 0.333. The predicted octanol–water partition coefficient (Wildman–Crippen LogP) is 1.98. The van der Waals surface area contributed by atoms with Gasteiger partial charge in [0, 0.05) is 24.4 Å². The minimum absolute atomic E-state index is 0.0851. The highest BCUT2D eigenvalue weighted by Crippen LogP contribution is 2.21. The summed E-state index contributed by atoms with van der Waals surface area (Å²) >= 11 is 0. The van der Waals surface area contributed by atoms with Crippen LogP contribution in [0.4, 0.5) is 0 Å². The Morgan fingerprint density at radius 2 is 2.29 bits per heavy atom. The Morgan fingerprint density at radius 1 is 1.47 bits per heavy atom. The molecule has 0 bridgehead atoms. The van der Waals surface area contributed by atoms with Crippen molar-refractivity contribution in [1.82, 2.24) is 9.97 Å². The van der Waals surface area contributed by atoms with Gasteiger partial charge in [-0.05, 0) is 19.9 Å². The molecule has 5 heteroatoms. The molecule has 0 aromatic carbocycles. The van der Waals surface area contributed by atoms with E-state index in [1.807, 2.05) is 19.9 Å². The van der Waals surface area contributed by atoms with Crippen LogP contribution in [0.25, 0.3) is 11.5 Å². The number of hydrogen-bond acceptors (Lipinski definition) is 5. The summed E-state index contributed by atoms with van der Waals surface area (Å²) in [6.07, 6.45) is 3.31. The maximum absolute atomic E-state index is 5.50. The Kier molecular flexibility index (Phi) is 3.39. The molecule has 0 aliphatic heterocycles. The molecule has 0 saturated heterocycles. The summed E-state index contributed by atoms with van der Waals surface area (Å²) in [5.41, 5.74) is 7.03. The zero-order valence-corrected chi connectivity index (χ0v) is 9.88. The molecule has 0 spiro atoms. The molecule has 0 unspecified atom stereocenters. The highest BCUT2D eigenvalue weighted by atomic mass is 16.5. The van der Waals surface area contributed by atoms with E-state index in [9.17, 15) is 0 Å². The van der Waals surface area contributed by atoms with E-state index in [-0.39, 0.29) is 6.10 Å². The van der Waals surface area contributed by atoms with E-state index in [4.69, 9.17) is 14.9 Å². The van der Waals surface area contributed by atoms with Gasteiger partial charge in [0.15, 0.2) is 0 Å². The highest BCUT2D eigenvalue weighted by Gasteiger charge is 2.08. The lowest BCUT2D eigenvalue weighted by molar-refractivity contribution is 0.232. The standard InChI is InChI=1S/C12H15N3O2/c1-8(2)17-11-5-9(3-4-14-11)12-15-10(6-13)7-16-12/h3-5,7-8H,6,13H2,1-2H3. The Balaban J connectivity index is 2.26. The first-order valence-corrected chi connectivity index (χ1v) is 5.46. The molecule has 2 aromatic heterocycles. The maximum Gasteiger partial charge on any atom is 0.226 e. The average molecular weight is 233 g/mol. The Labute approximate surface area is 99.6 Å². The van der Waals surface area contributed by atoms with E-state index in [2.05, 4.69) is 9.97 Å². The van der Waals surface area contributed by atoms with E-state index >= 15 is 0 Å². The van der Waals surface area contributed by atoms with Crippen LogP contribution in [-0.2, 0) is 6.54 Å². The van der Waals surface area contributed by atoms with Gasteiger partial charge in [0.2, 0.25) is 11.8 Å². The number of nitrogens with zero attached hydrogens (tertiary/aromatic N) is 2. The van der Waals surface area contributed by atoms with Gasteiger partial charge in [0.1, 0.15) is 6.26 Å². The topological polar surface area (TPSA) is 74.2 Å². The van der Waals surface area contributed by atoms with Gasteiger partial charge < -0.3 is 14.9 Å². The third-order valence-electron chi connectivity index (χ3n) is 2.10. The lowest BCUT2D eigenvalue weighted by Gasteiger charge is -2.08. The van der Waals surface area contributed by atoms with Crippen molar-refractivity contribution in [3.05, 3.63) is 30.3 Å². The van der Waals surface area contributed by atoms with E-state index in [1.165, 1.54) is 0 Å². The molecule has 90 valence electrons. The summed E-state index contributed by atoms with van der Waals surface area (Å²) in [4.78, 5) is 8.36. The van der Waals surface area contributed by atoms with Crippen LogP contribution in [0.5, 0.6) is 5.88 Å². The van der Waals surface area contributed by atoms with Gasteiger partial charge in [0.25, 0.3) is 0 Å². The summed E-state index contributed by atoms with van der Waals surface area (Å²) in [5, 5.41) is 0. The van der Waals surface area contributed by atoms with Crippen molar-refractivity contribution in [3.63, 3.8) is 0 Å². The van der Waals surface area contributed by atoms with Crippen molar-refractivity contribution in [2.24, 2.45) is 5.73 Å². The van der Waals surface area contributed by atoms with Crippen LogP contribution in [0.1, 0.15) is 19.5 Å². The second-order valence-corrected chi connectivity index (χ2v) is 3.90. The van der Waals surface area contributed by atoms with Crippen LogP contribution in [-0.4, -0.2) is 16.1 Å². The van der Waals surface area contributed by atoms with Gasteiger partial charge in [-0.25, -0.2) is 9.97 Å². The minimum Gasteiger partial charge on any atom is -0.475 e. The molecule has 0 atom stereocenters. The van der Waals surface area contributed by atoms with Crippen molar-refractivity contribution in [3.8, 4) is 17.3 Å². The number of hydrogen-bond donors (Lipinski definition) is 1. The summed E-state index contributed by atoms with van der Waals surface area (Å²) in [7, 11) is 0. The SMILES string of the molecule is CC(C)Oc1cc(-c2nc(CN)co2)ccn1. The lowest BCUT2D eigenvalue weighted by atomic mass is 10.2. The second kappa shape index (κ2) is 4.97. The van der Waals surface area contributed by atoms with E-state index in [0.29, 0.717) is 18.3 Å². The monoisotopic (exact) mass is 233 g/mol. The van der Waals surface area contributed by atoms with Crippen LogP contribution in [0, 0.1) is 0 Å². The summed E-state index contributed by atoms with van der Waals surface area (Å²) in [6, 6.07) is 3.62. The van der Waals surface area contributed by atoms with Crippen LogP contribution in [0.2, 0.25) is 0 Å². The molecule has 0 radical (unpaired) electrons. The van der Waals surface area contributed by atoms with Crippen molar-refractivity contribution in [2.45, 2.75) is 26.5 Å². The van der Waals surface area contributed by atoms with Crippen molar-refractivity contribution in [2.75, 3.05) is 0 Å². The van der Waals surface area contributed by atoms with Gasteiger partial charge in [-0.2, -0.15) is 0 Å². The van der Waals surface area contributed by atoms with Gasteiger partial charge in [0.05, 0.1) is 11.8 Å². The number of rotatable bonds is 4. The predicted molar refractivity (Wildman–Crippen MR) is 63.4 cm³/mol. The molecule has 0 amide bonds.